The number of aromatic carboxylic acids is 2. The van der Waals surface area contributed by atoms with Crippen LogP contribution in [0.25, 0.3) is 0 Å². The summed E-state index contributed by atoms with van der Waals surface area (Å²) in [4.78, 5) is 23.5. The fraction of sp³-hybridized carbons (Fsp3) is 0.429. The first-order valence-electron chi connectivity index (χ1n) is 11.8. The highest BCUT2D eigenvalue weighted by Gasteiger charge is 2.22. The lowest BCUT2D eigenvalue weighted by molar-refractivity contribution is 0.0649. The number of hydrogen-bond acceptors (Lipinski definition) is 4. The Kier molecular flexibility index (Phi) is 15.8. The molecule has 0 amide bonds. The molecule has 0 fully saturated rings. The second-order valence-electron chi connectivity index (χ2n) is 7.77. The van der Waals surface area contributed by atoms with E-state index in [4.69, 9.17) is 9.47 Å². The molecule has 0 atom stereocenters. The maximum atomic E-state index is 11.9. The van der Waals surface area contributed by atoms with Crippen LogP contribution in [0.15, 0.2) is 61.7 Å². The zero-order chi connectivity index (χ0) is 25.0. The van der Waals surface area contributed by atoms with E-state index in [0.717, 1.165) is 44.1 Å². The lowest BCUT2D eigenvalue weighted by atomic mass is 9.92. The largest absolute Gasteiger partial charge is 0.478 e. The topological polar surface area (TPSA) is 93.1 Å². The van der Waals surface area contributed by atoms with E-state index in [1.165, 1.54) is 6.07 Å². The predicted octanol–water partition coefficient (Wildman–Crippen LogP) is 6.03. The van der Waals surface area contributed by atoms with Crippen molar-refractivity contribution in [1.29, 1.82) is 0 Å². The summed E-state index contributed by atoms with van der Waals surface area (Å²) < 4.78 is 11.3. The molecule has 0 spiro atoms. The summed E-state index contributed by atoms with van der Waals surface area (Å²) in [6, 6.07) is 3.04. The predicted molar refractivity (Wildman–Crippen MR) is 136 cm³/mol. The van der Waals surface area contributed by atoms with E-state index in [-0.39, 0.29) is 11.1 Å². The Balaban J connectivity index is 2.72. The molecule has 1 aromatic rings. The van der Waals surface area contributed by atoms with Crippen LogP contribution in [-0.4, -0.2) is 48.6 Å². The van der Waals surface area contributed by atoms with Gasteiger partial charge in [0.05, 0.1) is 37.6 Å². The molecule has 0 aliphatic heterocycles. The molecule has 2 N–H and O–H groups in total. The fourth-order valence-electron chi connectivity index (χ4n) is 3.42. The molecule has 6 heteroatoms. The SMILES string of the molecule is C=CCCCC=CCOCCc1ccc(C(=O)O)c(C(=O)O)c1CCOCC=CCCCC=C. The molecular formula is C28H38O6. The maximum Gasteiger partial charge on any atom is 0.336 e. The average Bonchev–Trinajstić information content (AvgIpc) is 2.81. The van der Waals surface area contributed by atoms with Crippen molar-refractivity contribution in [3.63, 3.8) is 0 Å². The third kappa shape index (κ3) is 11.8. The Morgan fingerprint density at radius 3 is 1.82 bits per heavy atom. The van der Waals surface area contributed by atoms with Crippen LogP contribution in [0.2, 0.25) is 0 Å². The first-order chi connectivity index (χ1) is 16.5. The van der Waals surface area contributed by atoms with Crippen molar-refractivity contribution in [1.82, 2.24) is 0 Å². The number of benzene rings is 1. The molecule has 1 aromatic carbocycles. The maximum absolute atomic E-state index is 11.9. The molecule has 1 rings (SSSR count). The van der Waals surface area contributed by atoms with Gasteiger partial charge in [0.2, 0.25) is 0 Å². The van der Waals surface area contributed by atoms with Crippen molar-refractivity contribution < 1.29 is 29.3 Å². The molecule has 0 heterocycles. The number of ether oxygens (including phenoxy) is 2. The minimum Gasteiger partial charge on any atom is -0.478 e. The number of rotatable bonds is 20. The second kappa shape index (κ2) is 18.5. The summed E-state index contributed by atoms with van der Waals surface area (Å²) in [7, 11) is 0. The van der Waals surface area contributed by atoms with Crippen molar-refractivity contribution in [3.8, 4) is 0 Å². The Morgan fingerprint density at radius 2 is 1.32 bits per heavy atom. The molecule has 0 aromatic heterocycles. The summed E-state index contributed by atoms with van der Waals surface area (Å²) >= 11 is 0. The molecule has 34 heavy (non-hydrogen) atoms. The Hall–Kier alpha value is -2.96. The van der Waals surface area contributed by atoms with Crippen LogP contribution < -0.4 is 0 Å². The molecule has 0 bridgehead atoms. The van der Waals surface area contributed by atoms with Gasteiger partial charge in [-0.2, -0.15) is 0 Å². The summed E-state index contributed by atoms with van der Waals surface area (Å²) in [5.74, 6) is -2.51. The fourth-order valence-corrected chi connectivity index (χ4v) is 3.42. The van der Waals surface area contributed by atoms with Gasteiger partial charge in [0.1, 0.15) is 0 Å². The van der Waals surface area contributed by atoms with Gasteiger partial charge < -0.3 is 19.7 Å². The Bertz CT molecular complexity index is 838. The van der Waals surface area contributed by atoms with E-state index in [2.05, 4.69) is 19.2 Å². The number of unbranched alkanes of at least 4 members (excludes halogenated alkanes) is 4. The number of carboxylic acids is 2. The van der Waals surface area contributed by atoms with Gasteiger partial charge >= 0.3 is 11.9 Å². The third-order valence-electron chi connectivity index (χ3n) is 5.19. The molecule has 0 saturated carbocycles. The number of hydrogen-bond donors (Lipinski definition) is 2. The van der Waals surface area contributed by atoms with Crippen LogP contribution in [0.5, 0.6) is 0 Å². The summed E-state index contributed by atoms with van der Waals surface area (Å²) in [5.41, 5.74) is 0.874. The van der Waals surface area contributed by atoms with E-state index in [9.17, 15) is 19.8 Å². The summed E-state index contributed by atoms with van der Waals surface area (Å²) in [6.45, 7) is 8.99. The van der Waals surface area contributed by atoms with Crippen LogP contribution >= 0.6 is 0 Å². The Morgan fingerprint density at radius 1 is 0.765 bits per heavy atom. The standard InChI is InChI=1S/C28H38O6/c1-3-5-7-9-11-13-19-33-21-17-23-15-16-25(27(29)30)26(28(31)32)24(23)18-22-34-20-14-12-10-8-6-4-2/h3-4,11-16H,1-2,5-10,17-22H2,(H,29,30)(H,31,32). The van der Waals surface area contributed by atoms with Gasteiger partial charge in [0, 0.05) is 0 Å². The van der Waals surface area contributed by atoms with Crippen LogP contribution in [0.4, 0.5) is 0 Å². The molecule has 186 valence electrons. The molecular weight excluding hydrogens is 432 g/mol. The van der Waals surface area contributed by atoms with Gasteiger partial charge in [-0.05, 0) is 68.6 Å². The van der Waals surface area contributed by atoms with Gasteiger partial charge in [0.25, 0.3) is 0 Å². The zero-order valence-electron chi connectivity index (χ0n) is 20.0. The van der Waals surface area contributed by atoms with Gasteiger partial charge in [-0.25, -0.2) is 9.59 Å². The van der Waals surface area contributed by atoms with Crippen molar-refractivity contribution in [2.24, 2.45) is 0 Å². The van der Waals surface area contributed by atoms with E-state index < -0.39 is 11.9 Å². The lowest BCUT2D eigenvalue weighted by Gasteiger charge is -2.15. The number of carbonyl (C=O) groups is 2. The van der Waals surface area contributed by atoms with Gasteiger partial charge in [-0.3, -0.25) is 0 Å². The van der Waals surface area contributed by atoms with E-state index in [1.54, 1.807) is 6.07 Å². The Labute approximate surface area is 203 Å². The molecule has 0 unspecified atom stereocenters. The molecule has 0 radical (unpaired) electrons. The van der Waals surface area contributed by atoms with Gasteiger partial charge in [0.15, 0.2) is 0 Å². The minimum absolute atomic E-state index is 0.171. The highest BCUT2D eigenvalue weighted by atomic mass is 16.5. The smallest absolute Gasteiger partial charge is 0.336 e. The van der Waals surface area contributed by atoms with E-state index in [0.29, 0.717) is 44.8 Å². The first-order valence-corrected chi connectivity index (χ1v) is 11.8. The highest BCUT2D eigenvalue weighted by molar-refractivity contribution is 6.03. The second-order valence-corrected chi connectivity index (χ2v) is 7.77. The quantitative estimate of drug-likeness (QED) is 0.179. The molecule has 0 aliphatic carbocycles. The van der Waals surface area contributed by atoms with Crippen LogP contribution in [0, 0.1) is 0 Å². The first kappa shape index (κ1) is 29.1. The van der Waals surface area contributed by atoms with Gasteiger partial charge in [-0.1, -0.05) is 42.5 Å². The van der Waals surface area contributed by atoms with Crippen LogP contribution in [0.3, 0.4) is 0 Å². The summed E-state index contributed by atoms with van der Waals surface area (Å²) in [6.07, 6.45) is 18.6. The normalized spacial score (nSPS) is 11.3. The van der Waals surface area contributed by atoms with E-state index in [1.807, 2.05) is 30.4 Å². The van der Waals surface area contributed by atoms with Gasteiger partial charge in [-0.15, -0.1) is 13.2 Å². The zero-order valence-corrected chi connectivity index (χ0v) is 20.0. The highest BCUT2D eigenvalue weighted by Crippen LogP contribution is 2.22. The summed E-state index contributed by atoms with van der Waals surface area (Å²) in [5, 5.41) is 19.2. The van der Waals surface area contributed by atoms with Crippen LogP contribution in [-0.2, 0) is 22.3 Å². The van der Waals surface area contributed by atoms with Crippen LogP contribution in [0.1, 0.15) is 70.4 Å². The monoisotopic (exact) mass is 470 g/mol. The van der Waals surface area contributed by atoms with Crippen molar-refractivity contribution in [2.75, 3.05) is 26.4 Å². The molecule has 0 aliphatic rings. The molecule has 0 saturated heterocycles. The number of allylic oxidation sites excluding steroid dienone is 4. The van der Waals surface area contributed by atoms with Crippen molar-refractivity contribution >= 4 is 11.9 Å². The van der Waals surface area contributed by atoms with Crippen molar-refractivity contribution in [2.45, 2.75) is 51.4 Å². The van der Waals surface area contributed by atoms with Crippen molar-refractivity contribution in [3.05, 3.63) is 84.0 Å². The third-order valence-corrected chi connectivity index (χ3v) is 5.19. The number of carboxylic acid groups (broad SMARTS) is 2. The average molecular weight is 471 g/mol. The molecule has 6 nitrogen and oxygen atoms in total. The minimum atomic E-state index is -1.26. The van der Waals surface area contributed by atoms with E-state index >= 15 is 0 Å². The lowest BCUT2D eigenvalue weighted by Crippen LogP contribution is -2.16.